The van der Waals surface area contributed by atoms with Crippen molar-refractivity contribution in [3.05, 3.63) is 285 Å². The van der Waals surface area contributed by atoms with Gasteiger partial charge in [-0.15, -0.1) is 0 Å². The molecule has 0 bridgehead atoms. The van der Waals surface area contributed by atoms with Crippen LogP contribution < -0.4 is 0 Å². The fraction of sp³-hybridized carbons (Fsp3) is 0.172. The molecule has 0 saturated heterocycles. The molecule has 1 heteroatoms. The number of hydrogen-bond donors (Lipinski definition) is 0. The maximum Gasteiger partial charge on any atom is 0.131 e. The summed E-state index contributed by atoms with van der Waals surface area (Å²) in [7, 11) is 0. The van der Waals surface area contributed by atoms with Gasteiger partial charge in [-0.05, 0) is 107 Å². The molecule has 2 aliphatic rings. The van der Waals surface area contributed by atoms with Crippen LogP contribution in [0.4, 0.5) is 0 Å². The summed E-state index contributed by atoms with van der Waals surface area (Å²) in [6.45, 7) is 4.38. The minimum atomic E-state index is 0.211. The normalized spacial score (nSPS) is 18.2. The molecular weight excluding hydrogens is 713 g/mol. The van der Waals surface area contributed by atoms with Crippen LogP contribution in [0.5, 0.6) is 0 Å². The third-order valence-electron chi connectivity index (χ3n) is 12.0. The van der Waals surface area contributed by atoms with Gasteiger partial charge in [0.25, 0.3) is 0 Å². The Morgan fingerprint density at radius 1 is 0.356 bits per heavy atom. The number of ether oxygens (including phenoxy) is 1. The predicted molar refractivity (Wildman–Crippen MR) is 247 cm³/mol. The van der Waals surface area contributed by atoms with E-state index >= 15 is 0 Å². The molecule has 0 fully saturated rings. The molecule has 1 nitrogen and oxygen atoms in total. The average molecular weight is 767 g/mol. The number of hydrogen-bond acceptors (Lipinski definition) is 1. The molecular formula is C58H54O. The third-order valence-corrected chi connectivity index (χ3v) is 12.0. The highest BCUT2D eigenvalue weighted by molar-refractivity contribution is 5.56. The van der Waals surface area contributed by atoms with Gasteiger partial charge >= 0.3 is 0 Å². The first kappa shape index (κ1) is 39.4. The first-order chi connectivity index (χ1) is 29.1. The Kier molecular flexibility index (Phi) is 12.9. The summed E-state index contributed by atoms with van der Waals surface area (Å²) < 4.78 is 7.62. The van der Waals surface area contributed by atoms with Gasteiger partial charge in [-0.1, -0.05) is 205 Å². The van der Waals surface area contributed by atoms with E-state index in [9.17, 15) is 0 Å². The Morgan fingerprint density at radius 2 is 0.627 bits per heavy atom. The Balaban J connectivity index is 1.30. The Morgan fingerprint density at radius 3 is 0.915 bits per heavy atom. The smallest absolute Gasteiger partial charge is 0.131 e. The molecule has 8 rings (SSSR count). The number of rotatable bonds is 14. The van der Waals surface area contributed by atoms with Gasteiger partial charge in [0.05, 0.1) is 0 Å². The molecule has 2 aliphatic carbocycles. The minimum absolute atomic E-state index is 0.211. The highest BCUT2D eigenvalue weighted by Crippen LogP contribution is 2.45. The first-order valence-electron chi connectivity index (χ1n) is 21.3. The second kappa shape index (κ2) is 19.3. The lowest BCUT2D eigenvalue weighted by molar-refractivity contribution is 0.310. The van der Waals surface area contributed by atoms with Crippen molar-refractivity contribution in [2.24, 2.45) is 11.8 Å². The van der Waals surface area contributed by atoms with Crippen molar-refractivity contribution in [2.75, 3.05) is 0 Å². The van der Waals surface area contributed by atoms with Gasteiger partial charge in [0, 0.05) is 24.7 Å². The molecule has 0 aromatic heterocycles. The van der Waals surface area contributed by atoms with E-state index in [1.807, 2.05) is 0 Å². The quantitative estimate of drug-likeness (QED) is 0.107. The molecule has 2 atom stereocenters. The van der Waals surface area contributed by atoms with Gasteiger partial charge in [-0.3, -0.25) is 0 Å². The number of allylic oxidation sites excluding steroid dienone is 10. The van der Waals surface area contributed by atoms with E-state index < -0.39 is 0 Å². The Labute approximate surface area is 352 Å². The molecule has 2 unspecified atom stereocenters. The van der Waals surface area contributed by atoms with E-state index in [4.69, 9.17) is 4.74 Å². The zero-order valence-electron chi connectivity index (χ0n) is 34.4. The minimum Gasteiger partial charge on any atom is -0.457 e. The van der Waals surface area contributed by atoms with E-state index in [1.165, 1.54) is 66.8 Å². The van der Waals surface area contributed by atoms with Gasteiger partial charge in [0.15, 0.2) is 0 Å². The van der Waals surface area contributed by atoms with Gasteiger partial charge < -0.3 is 4.74 Å². The summed E-state index contributed by atoms with van der Waals surface area (Å²) in [6.07, 6.45) is 14.5. The third kappa shape index (κ3) is 9.82. The number of benzene rings is 6. The molecule has 0 heterocycles. The lowest BCUT2D eigenvalue weighted by Gasteiger charge is -2.35. The van der Waals surface area contributed by atoms with Crippen LogP contribution in [0.15, 0.2) is 251 Å². The molecule has 292 valence electrons. The fourth-order valence-corrected chi connectivity index (χ4v) is 8.96. The van der Waals surface area contributed by atoms with E-state index in [2.05, 4.69) is 220 Å². The standard InChI is InChI=1S/C58H54O/c1-3-49-41-57(55(39-47-31-19-9-20-32-47)53(37-45-27-15-7-16-28-45)51(49)35-43-23-11-5-12-24-43)59-58-42-50(4-2)52(36-44-25-13-6-14-26-44)54(38-46-29-17-8-18-30-46)56(58)40-48-33-21-10-22-34-48/h3-34,41-42,51-52H,35-40H2,1-2H3. The highest BCUT2D eigenvalue weighted by atomic mass is 16.5. The van der Waals surface area contributed by atoms with Crippen molar-refractivity contribution in [1.29, 1.82) is 0 Å². The lowest BCUT2D eigenvalue weighted by Crippen LogP contribution is -2.24. The van der Waals surface area contributed by atoms with Crippen LogP contribution in [0, 0.1) is 11.8 Å². The van der Waals surface area contributed by atoms with Crippen LogP contribution in [0.25, 0.3) is 0 Å². The van der Waals surface area contributed by atoms with Crippen LogP contribution in [0.2, 0.25) is 0 Å². The average Bonchev–Trinajstić information content (AvgIpc) is 3.29. The maximum atomic E-state index is 7.62. The summed E-state index contributed by atoms with van der Waals surface area (Å²) in [5.74, 6) is 2.32. The van der Waals surface area contributed by atoms with Gasteiger partial charge in [-0.2, -0.15) is 0 Å². The molecule has 0 aliphatic heterocycles. The van der Waals surface area contributed by atoms with Crippen molar-refractivity contribution in [3.8, 4) is 0 Å². The topological polar surface area (TPSA) is 9.23 Å². The summed E-state index contributed by atoms with van der Waals surface area (Å²) in [5.41, 5.74) is 15.9. The van der Waals surface area contributed by atoms with Crippen molar-refractivity contribution in [2.45, 2.75) is 52.4 Å². The van der Waals surface area contributed by atoms with Crippen LogP contribution >= 0.6 is 0 Å². The monoisotopic (exact) mass is 766 g/mol. The van der Waals surface area contributed by atoms with E-state index in [0.29, 0.717) is 0 Å². The molecule has 0 radical (unpaired) electrons. The largest absolute Gasteiger partial charge is 0.457 e. The van der Waals surface area contributed by atoms with Crippen LogP contribution in [-0.2, 0) is 43.3 Å². The van der Waals surface area contributed by atoms with E-state index in [-0.39, 0.29) is 11.8 Å². The summed E-state index contributed by atoms with van der Waals surface area (Å²) in [4.78, 5) is 0. The molecule has 0 spiro atoms. The second-order valence-corrected chi connectivity index (χ2v) is 15.8. The maximum absolute atomic E-state index is 7.62. The van der Waals surface area contributed by atoms with Crippen LogP contribution in [0.3, 0.4) is 0 Å². The highest BCUT2D eigenvalue weighted by Gasteiger charge is 2.33. The predicted octanol–water partition coefficient (Wildman–Crippen LogP) is 14.0. The molecule has 0 saturated carbocycles. The van der Waals surface area contributed by atoms with Gasteiger partial charge in [-0.25, -0.2) is 0 Å². The van der Waals surface area contributed by atoms with Crippen molar-refractivity contribution < 1.29 is 4.74 Å². The van der Waals surface area contributed by atoms with Crippen molar-refractivity contribution >= 4 is 0 Å². The van der Waals surface area contributed by atoms with E-state index in [1.54, 1.807) is 0 Å². The van der Waals surface area contributed by atoms with Crippen molar-refractivity contribution in [1.82, 2.24) is 0 Å². The Bertz CT molecular complexity index is 2310. The zero-order valence-corrected chi connectivity index (χ0v) is 34.4. The summed E-state index contributed by atoms with van der Waals surface area (Å²) >= 11 is 0. The zero-order chi connectivity index (χ0) is 40.2. The Hall–Kier alpha value is -6.44. The van der Waals surface area contributed by atoms with Crippen molar-refractivity contribution in [3.63, 3.8) is 0 Å². The molecule has 6 aromatic carbocycles. The summed E-state index contributed by atoms with van der Waals surface area (Å²) in [6, 6.07) is 65.8. The van der Waals surface area contributed by atoms with Crippen LogP contribution in [-0.4, -0.2) is 0 Å². The van der Waals surface area contributed by atoms with Crippen LogP contribution in [0.1, 0.15) is 47.2 Å². The second-order valence-electron chi connectivity index (χ2n) is 15.8. The van der Waals surface area contributed by atoms with Gasteiger partial charge in [0.1, 0.15) is 11.5 Å². The molecule has 0 N–H and O–H groups in total. The van der Waals surface area contributed by atoms with E-state index in [0.717, 1.165) is 50.0 Å². The molecule has 59 heavy (non-hydrogen) atoms. The SMILES string of the molecule is CC=C1C=C(OC2=CC(=CC)C(Cc3ccccc3)C(Cc3ccccc3)=C2Cc2ccccc2)C(Cc2ccccc2)=C(Cc2ccccc2)C1Cc1ccccc1. The first-order valence-corrected chi connectivity index (χ1v) is 21.3. The lowest BCUT2D eigenvalue weighted by atomic mass is 9.74. The molecule has 0 amide bonds. The van der Waals surface area contributed by atoms with Gasteiger partial charge in [0.2, 0.25) is 0 Å². The fourth-order valence-electron chi connectivity index (χ4n) is 8.96. The summed E-state index contributed by atoms with van der Waals surface area (Å²) in [5, 5.41) is 0. The molecule has 6 aromatic rings.